The summed E-state index contributed by atoms with van der Waals surface area (Å²) in [5, 5.41) is 10.1. The van der Waals surface area contributed by atoms with Crippen molar-refractivity contribution in [3.05, 3.63) is 72.3 Å². The number of carboxylic acids is 1. The van der Waals surface area contributed by atoms with Gasteiger partial charge in [-0.05, 0) is 75.8 Å². The summed E-state index contributed by atoms with van der Waals surface area (Å²) in [6.45, 7) is 6.06. The molecule has 1 fully saturated rings. The topological polar surface area (TPSA) is 95.5 Å². The van der Waals surface area contributed by atoms with Crippen molar-refractivity contribution in [1.29, 1.82) is 0 Å². The van der Waals surface area contributed by atoms with Gasteiger partial charge < -0.3 is 19.7 Å². The number of hydrogen-bond donors (Lipinski definition) is 2. The molecule has 0 atom stereocenters. The standard InChI is InChI=1S/C31H33N3O4/c1-19(2)34(30(35)22-11-9-20(3)10-12-22)28-16-14-23(17-25(28)31(36)37)38-24-13-15-26-27(18-24)33-29(32-26)21-7-5-4-6-8-21/h4-8,13-20,22H,9-12H2,1-3H3,(H,32,33)(H,36,37). The number of rotatable bonds is 7. The lowest BCUT2D eigenvalue weighted by Gasteiger charge is -2.34. The van der Waals surface area contributed by atoms with Gasteiger partial charge in [0.1, 0.15) is 17.3 Å². The second-order valence-electron chi connectivity index (χ2n) is 10.5. The molecule has 1 aliphatic carbocycles. The molecule has 2 N–H and O–H groups in total. The number of nitrogens with zero attached hydrogens (tertiary/aromatic N) is 2. The van der Waals surface area contributed by atoms with E-state index in [0.29, 0.717) is 23.1 Å². The number of aromatic carboxylic acids is 1. The number of ether oxygens (including phenoxy) is 1. The molecule has 1 saturated carbocycles. The van der Waals surface area contributed by atoms with Gasteiger partial charge in [0, 0.05) is 23.6 Å². The minimum atomic E-state index is -1.10. The predicted octanol–water partition coefficient (Wildman–Crippen LogP) is 7.29. The summed E-state index contributed by atoms with van der Waals surface area (Å²) in [6.07, 6.45) is 3.73. The number of amides is 1. The average molecular weight is 512 g/mol. The molecule has 7 nitrogen and oxygen atoms in total. The molecule has 38 heavy (non-hydrogen) atoms. The van der Waals surface area contributed by atoms with Crippen LogP contribution in [0, 0.1) is 11.8 Å². The number of benzene rings is 3. The fourth-order valence-electron chi connectivity index (χ4n) is 5.24. The number of aromatic nitrogens is 2. The zero-order valence-corrected chi connectivity index (χ0v) is 22.0. The molecule has 0 unspecified atom stereocenters. The second kappa shape index (κ2) is 10.7. The lowest BCUT2D eigenvalue weighted by atomic mass is 9.82. The summed E-state index contributed by atoms with van der Waals surface area (Å²) in [6, 6.07) is 20.1. The zero-order chi connectivity index (χ0) is 26.8. The third-order valence-electron chi connectivity index (χ3n) is 7.31. The van der Waals surface area contributed by atoms with Crippen LogP contribution in [0.2, 0.25) is 0 Å². The van der Waals surface area contributed by atoms with Crippen LogP contribution in [0.1, 0.15) is 56.8 Å². The Morgan fingerprint density at radius 3 is 2.34 bits per heavy atom. The minimum absolute atomic E-state index is 0.00184. The van der Waals surface area contributed by atoms with Gasteiger partial charge in [0.15, 0.2) is 0 Å². The summed E-state index contributed by atoms with van der Waals surface area (Å²) >= 11 is 0. The number of aromatic amines is 1. The van der Waals surface area contributed by atoms with Crippen molar-refractivity contribution in [2.75, 3.05) is 4.90 Å². The summed E-state index contributed by atoms with van der Waals surface area (Å²) in [4.78, 5) is 35.4. The Kier molecular flexibility index (Phi) is 7.18. The van der Waals surface area contributed by atoms with E-state index in [4.69, 9.17) is 4.74 Å². The molecule has 0 bridgehead atoms. The molecule has 0 aliphatic heterocycles. The second-order valence-corrected chi connectivity index (χ2v) is 10.5. The van der Waals surface area contributed by atoms with E-state index in [-0.39, 0.29) is 23.4 Å². The van der Waals surface area contributed by atoms with Crippen molar-refractivity contribution in [3.8, 4) is 22.9 Å². The molecule has 0 saturated heterocycles. The van der Waals surface area contributed by atoms with Gasteiger partial charge >= 0.3 is 5.97 Å². The van der Waals surface area contributed by atoms with Crippen molar-refractivity contribution in [3.63, 3.8) is 0 Å². The van der Waals surface area contributed by atoms with Crippen LogP contribution in [-0.4, -0.2) is 33.0 Å². The Morgan fingerprint density at radius 1 is 0.974 bits per heavy atom. The maximum atomic E-state index is 13.5. The summed E-state index contributed by atoms with van der Waals surface area (Å²) < 4.78 is 6.06. The van der Waals surface area contributed by atoms with Crippen LogP contribution in [-0.2, 0) is 4.79 Å². The maximum absolute atomic E-state index is 13.5. The van der Waals surface area contributed by atoms with E-state index >= 15 is 0 Å². The molecule has 1 aromatic heterocycles. The van der Waals surface area contributed by atoms with Crippen LogP contribution in [0.25, 0.3) is 22.4 Å². The highest BCUT2D eigenvalue weighted by Gasteiger charge is 2.32. The van der Waals surface area contributed by atoms with Crippen LogP contribution < -0.4 is 9.64 Å². The van der Waals surface area contributed by atoms with Gasteiger partial charge in [-0.15, -0.1) is 0 Å². The Bertz CT molecular complexity index is 1450. The van der Waals surface area contributed by atoms with Crippen LogP contribution in [0.4, 0.5) is 5.69 Å². The highest BCUT2D eigenvalue weighted by atomic mass is 16.5. The quantitative estimate of drug-likeness (QED) is 0.272. The van der Waals surface area contributed by atoms with Crippen molar-refractivity contribution >= 4 is 28.6 Å². The molecular formula is C31H33N3O4. The van der Waals surface area contributed by atoms with E-state index in [1.54, 1.807) is 23.1 Å². The van der Waals surface area contributed by atoms with E-state index in [0.717, 1.165) is 48.1 Å². The van der Waals surface area contributed by atoms with Gasteiger partial charge in [-0.3, -0.25) is 4.79 Å². The average Bonchev–Trinajstić information content (AvgIpc) is 3.34. The molecule has 0 spiro atoms. The summed E-state index contributed by atoms with van der Waals surface area (Å²) in [5.74, 6) is 1.16. The summed E-state index contributed by atoms with van der Waals surface area (Å²) in [5.41, 5.74) is 3.05. The monoisotopic (exact) mass is 511 g/mol. The normalized spacial score (nSPS) is 17.5. The van der Waals surface area contributed by atoms with Crippen molar-refractivity contribution < 1.29 is 19.4 Å². The number of fused-ring (bicyclic) bond motifs is 1. The van der Waals surface area contributed by atoms with Gasteiger partial charge in [-0.2, -0.15) is 0 Å². The first-order valence-corrected chi connectivity index (χ1v) is 13.2. The Balaban J connectivity index is 1.41. The molecular weight excluding hydrogens is 478 g/mol. The number of carbonyl (C=O) groups is 2. The van der Waals surface area contributed by atoms with Crippen molar-refractivity contribution in [2.45, 2.75) is 52.5 Å². The van der Waals surface area contributed by atoms with Gasteiger partial charge in [0.05, 0.1) is 22.3 Å². The number of carbonyl (C=O) groups excluding carboxylic acids is 1. The van der Waals surface area contributed by atoms with E-state index in [9.17, 15) is 14.7 Å². The van der Waals surface area contributed by atoms with Gasteiger partial charge in [-0.25, -0.2) is 9.78 Å². The SMILES string of the molecule is CC1CCC(C(=O)N(c2ccc(Oc3ccc4nc(-c5ccccc5)[nH]c4c3)cc2C(=O)O)C(C)C)CC1. The minimum Gasteiger partial charge on any atom is -0.478 e. The van der Waals surface area contributed by atoms with E-state index in [2.05, 4.69) is 16.9 Å². The number of nitrogens with one attached hydrogen (secondary N) is 1. The fraction of sp³-hybridized carbons (Fsp3) is 0.323. The van der Waals surface area contributed by atoms with Crippen molar-refractivity contribution in [2.24, 2.45) is 11.8 Å². The van der Waals surface area contributed by atoms with Crippen LogP contribution in [0.3, 0.4) is 0 Å². The summed E-state index contributed by atoms with van der Waals surface area (Å²) in [7, 11) is 0. The molecule has 5 rings (SSSR count). The molecule has 0 radical (unpaired) electrons. The Hall–Kier alpha value is -4.13. The third kappa shape index (κ3) is 5.28. The lowest BCUT2D eigenvalue weighted by Crippen LogP contribution is -2.42. The van der Waals surface area contributed by atoms with Crippen LogP contribution in [0.15, 0.2) is 66.7 Å². The van der Waals surface area contributed by atoms with E-state index in [1.165, 1.54) is 6.07 Å². The Morgan fingerprint density at radius 2 is 1.66 bits per heavy atom. The molecule has 1 aliphatic rings. The van der Waals surface area contributed by atoms with Crippen molar-refractivity contribution in [1.82, 2.24) is 9.97 Å². The molecule has 1 heterocycles. The molecule has 4 aromatic rings. The first-order valence-electron chi connectivity index (χ1n) is 13.2. The number of carboxylic acid groups (broad SMARTS) is 1. The molecule has 7 heteroatoms. The van der Waals surface area contributed by atoms with Gasteiger partial charge in [0.2, 0.25) is 5.91 Å². The molecule has 1 amide bonds. The van der Waals surface area contributed by atoms with Crippen LogP contribution in [0.5, 0.6) is 11.5 Å². The number of H-pyrrole nitrogens is 1. The van der Waals surface area contributed by atoms with Gasteiger partial charge in [0.25, 0.3) is 0 Å². The predicted molar refractivity (Wildman–Crippen MR) is 149 cm³/mol. The fourth-order valence-corrected chi connectivity index (χ4v) is 5.24. The molecule has 3 aromatic carbocycles. The van der Waals surface area contributed by atoms with E-state index < -0.39 is 5.97 Å². The third-order valence-corrected chi connectivity index (χ3v) is 7.31. The van der Waals surface area contributed by atoms with E-state index in [1.807, 2.05) is 56.3 Å². The first kappa shape index (κ1) is 25.5. The maximum Gasteiger partial charge on any atom is 0.337 e. The highest BCUT2D eigenvalue weighted by molar-refractivity contribution is 6.03. The Labute approximate surface area is 222 Å². The molecule has 196 valence electrons. The highest BCUT2D eigenvalue weighted by Crippen LogP contribution is 2.35. The zero-order valence-electron chi connectivity index (χ0n) is 22.0. The largest absolute Gasteiger partial charge is 0.478 e. The number of hydrogen-bond acceptors (Lipinski definition) is 4. The smallest absolute Gasteiger partial charge is 0.337 e. The van der Waals surface area contributed by atoms with Gasteiger partial charge in [-0.1, -0.05) is 37.3 Å². The first-order chi connectivity index (χ1) is 18.3. The lowest BCUT2D eigenvalue weighted by molar-refractivity contribution is -0.123. The number of imidazole rings is 1. The van der Waals surface area contributed by atoms with Crippen LogP contribution >= 0.6 is 0 Å². The number of anilines is 1.